The van der Waals surface area contributed by atoms with E-state index in [0.29, 0.717) is 0 Å². The highest BCUT2D eigenvalue weighted by molar-refractivity contribution is 7.90. The van der Waals surface area contributed by atoms with Gasteiger partial charge in [0.15, 0.2) is 0 Å². The topological polar surface area (TPSA) is 224 Å². The summed E-state index contributed by atoms with van der Waals surface area (Å²) >= 11 is 0. The van der Waals surface area contributed by atoms with E-state index < -0.39 is 112 Å². The molecule has 1 saturated heterocycles. The molecule has 6 aromatic carbocycles. The van der Waals surface area contributed by atoms with Gasteiger partial charge in [0, 0.05) is 78.5 Å². The molecule has 0 amide bonds. The SMILES string of the molecule is Cc1ccc(S(=O)(=O)N2CCCN(S(=O)(=O)c3ccc(C)cc3)CCN(S(=O)(=O)c3ccc(C)cc3)CCN(S(=O)(=O)c3ccc(C)cc3)CCN(S(=O)(=O)c3ccc(C)cc3)CCCN(S(=O)(=O)c3ccc(C)cc3)CC2)cc1. The molecule has 0 unspecified atom stereocenters. The Balaban J connectivity index is 1.38. The molecule has 0 aromatic heterocycles. The Kier molecular flexibility index (Phi) is 20.2. The minimum atomic E-state index is -4.53. The van der Waals surface area contributed by atoms with Gasteiger partial charge < -0.3 is 0 Å². The van der Waals surface area contributed by atoms with Crippen LogP contribution in [0.1, 0.15) is 46.2 Å². The summed E-state index contributed by atoms with van der Waals surface area (Å²) in [7, 11) is -26.8. The van der Waals surface area contributed by atoms with Crippen LogP contribution in [0.2, 0.25) is 0 Å². The normalized spacial score (nSPS) is 17.5. The molecule has 1 fully saturated rings. The van der Waals surface area contributed by atoms with Gasteiger partial charge in [-0.05, 0) is 127 Å². The van der Waals surface area contributed by atoms with Crippen LogP contribution < -0.4 is 0 Å². The Bertz CT molecular complexity index is 3530. The Morgan fingerprint density at radius 3 is 0.438 bits per heavy atom. The second-order valence-corrected chi connectivity index (χ2v) is 31.6. The number of nitrogens with zero attached hydrogens (tertiary/aromatic N) is 6. The molecule has 6 aromatic rings. The molecule has 24 heteroatoms. The zero-order valence-corrected chi connectivity index (χ0v) is 50.7. The average Bonchev–Trinajstić information content (AvgIpc) is 3.42. The van der Waals surface area contributed by atoms with Gasteiger partial charge in [0.25, 0.3) is 0 Å². The van der Waals surface area contributed by atoms with Crippen molar-refractivity contribution in [3.05, 3.63) is 179 Å². The molecule has 0 N–H and O–H groups in total. The maximum atomic E-state index is 14.9. The van der Waals surface area contributed by atoms with Crippen LogP contribution in [0, 0.1) is 41.5 Å². The lowest BCUT2D eigenvalue weighted by molar-refractivity contribution is 0.285. The smallest absolute Gasteiger partial charge is 0.207 e. The third kappa shape index (κ3) is 14.9. The third-order valence-corrected chi connectivity index (χ3v) is 25.5. The number of benzene rings is 6. The minimum absolute atomic E-state index is 0.0954. The summed E-state index contributed by atoms with van der Waals surface area (Å²) < 4.78 is 184. The van der Waals surface area contributed by atoms with Gasteiger partial charge in [0.2, 0.25) is 60.1 Å². The molecule has 0 saturated carbocycles. The summed E-state index contributed by atoms with van der Waals surface area (Å²) in [6.45, 7) is 5.48. The van der Waals surface area contributed by atoms with Crippen molar-refractivity contribution in [2.45, 2.75) is 83.8 Å². The zero-order chi connectivity index (χ0) is 58.3. The van der Waals surface area contributed by atoms with Crippen LogP contribution in [0.25, 0.3) is 0 Å². The highest BCUT2D eigenvalue weighted by Crippen LogP contribution is 2.26. The molecular weight excluding hydrogens is 1140 g/mol. The van der Waals surface area contributed by atoms with Gasteiger partial charge in [-0.2, -0.15) is 25.8 Å². The summed E-state index contributed by atoms with van der Waals surface area (Å²) in [4.78, 5) is -0.725. The first-order valence-electron chi connectivity index (χ1n) is 26.0. The Morgan fingerprint density at radius 2 is 0.312 bits per heavy atom. The summed E-state index contributed by atoms with van der Waals surface area (Å²) in [5.74, 6) is 0. The lowest BCUT2D eigenvalue weighted by Gasteiger charge is -2.32. The monoisotopic (exact) mass is 1210 g/mol. The predicted octanol–water partition coefficient (Wildman–Crippen LogP) is 6.78. The molecule has 80 heavy (non-hydrogen) atoms. The van der Waals surface area contributed by atoms with Gasteiger partial charge >= 0.3 is 0 Å². The highest BCUT2D eigenvalue weighted by Gasteiger charge is 2.35. The molecule has 0 aliphatic carbocycles. The second kappa shape index (κ2) is 25.9. The number of sulfonamides is 6. The van der Waals surface area contributed by atoms with Crippen LogP contribution in [-0.4, -0.2) is 155 Å². The fraction of sp³-hybridized carbons (Fsp3) is 0.357. The van der Waals surface area contributed by atoms with Crippen molar-refractivity contribution in [3.63, 3.8) is 0 Å². The van der Waals surface area contributed by atoms with Gasteiger partial charge in [0.1, 0.15) is 0 Å². The van der Waals surface area contributed by atoms with Crippen LogP contribution >= 0.6 is 0 Å². The molecule has 18 nitrogen and oxygen atoms in total. The third-order valence-electron chi connectivity index (χ3n) is 14.0. The van der Waals surface area contributed by atoms with Crippen molar-refractivity contribution in [1.29, 1.82) is 0 Å². The number of hydrogen-bond acceptors (Lipinski definition) is 12. The molecule has 0 radical (unpaired) electrons. The van der Waals surface area contributed by atoms with E-state index in [0.717, 1.165) is 59.2 Å². The highest BCUT2D eigenvalue weighted by atomic mass is 32.2. The van der Waals surface area contributed by atoms with E-state index in [1.54, 1.807) is 114 Å². The lowest BCUT2D eigenvalue weighted by atomic mass is 10.2. The molecule has 432 valence electrons. The Morgan fingerprint density at radius 1 is 0.200 bits per heavy atom. The van der Waals surface area contributed by atoms with Gasteiger partial charge in [-0.15, -0.1) is 0 Å². The van der Waals surface area contributed by atoms with E-state index in [4.69, 9.17) is 0 Å². The summed E-state index contributed by atoms with van der Waals surface area (Å²) in [5.41, 5.74) is 4.60. The van der Waals surface area contributed by atoms with Crippen LogP contribution in [0.4, 0.5) is 0 Å². The molecule has 0 spiro atoms. The number of aryl methyl sites for hydroxylation is 6. The van der Waals surface area contributed by atoms with Crippen molar-refractivity contribution in [3.8, 4) is 0 Å². The first-order valence-corrected chi connectivity index (χ1v) is 34.7. The fourth-order valence-electron chi connectivity index (χ4n) is 9.01. The molecule has 7 rings (SSSR count). The average molecular weight is 1210 g/mol. The molecule has 1 aliphatic rings. The van der Waals surface area contributed by atoms with Crippen LogP contribution in [0.15, 0.2) is 175 Å². The van der Waals surface area contributed by atoms with Crippen molar-refractivity contribution >= 4 is 60.1 Å². The van der Waals surface area contributed by atoms with E-state index in [1.165, 1.54) is 72.8 Å². The van der Waals surface area contributed by atoms with Gasteiger partial charge in [-0.25, -0.2) is 50.5 Å². The fourth-order valence-corrected chi connectivity index (χ4v) is 17.7. The van der Waals surface area contributed by atoms with Crippen molar-refractivity contribution in [2.75, 3.05) is 78.5 Å². The van der Waals surface area contributed by atoms with Crippen LogP contribution in [-0.2, 0) is 60.1 Å². The van der Waals surface area contributed by atoms with Crippen LogP contribution in [0.3, 0.4) is 0 Å². The first kappa shape index (κ1) is 62.4. The van der Waals surface area contributed by atoms with E-state index >= 15 is 0 Å². The predicted molar refractivity (Wildman–Crippen MR) is 309 cm³/mol. The zero-order valence-electron chi connectivity index (χ0n) is 45.8. The minimum Gasteiger partial charge on any atom is -0.207 e. The molecule has 0 bridgehead atoms. The summed E-state index contributed by atoms with van der Waals surface area (Å²) in [6, 6.07) is 36.2. The molecule has 1 heterocycles. The van der Waals surface area contributed by atoms with E-state index in [2.05, 4.69) is 0 Å². The quantitative estimate of drug-likeness (QED) is 0.124. The van der Waals surface area contributed by atoms with Crippen molar-refractivity contribution in [2.24, 2.45) is 0 Å². The maximum Gasteiger partial charge on any atom is 0.243 e. The van der Waals surface area contributed by atoms with E-state index in [9.17, 15) is 50.5 Å². The lowest BCUT2D eigenvalue weighted by Crippen LogP contribution is -2.48. The van der Waals surface area contributed by atoms with Crippen molar-refractivity contribution < 1.29 is 50.5 Å². The van der Waals surface area contributed by atoms with Crippen LogP contribution in [0.5, 0.6) is 0 Å². The van der Waals surface area contributed by atoms with Crippen molar-refractivity contribution in [1.82, 2.24) is 25.8 Å². The first-order chi connectivity index (χ1) is 37.6. The summed E-state index contributed by atoms with van der Waals surface area (Å²) in [5, 5.41) is 0. The Labute approximate surface area is 474 Å². The molecular formula is C56H70N6O12S6. The van der Waals surface area contributed by atoms with Gasteiger partial charge in [0.05, 0.1) is 29.4 Å². The number of rotatable bonds is 12. The largest absolute Gasteiger partial charge is 0.243 e. The summed E-state index contributed by atoms with van der Waals surface area (Å²) in [6.07, 6.45) is -0.306. The maximum absolute atomic E-state index is 14.9. The molecule has 0 atom stereocenters. The van der Waals surface area contributed by atoms with E-state index in [1.807, 2.05) is 0 Å². The molecule has 1 aliphatic heterocycles. The standard InChI is InChI=1S/C56H70N6O12S6/c1-45-9-21-51(22-10-45)75(63,64)57-33-7-35-59(77(67,68)53-25-13-47(3)14-26-53)39-41-61(79(71,72)55-29-17-49(5)18-30-55)43-44-62(80(73,74)56-31-19-50(6)20-32-56)42-40-60(78(69,70)54-27-15-48(4)16-28-54)36-8-34-58(38-37-57)76(65,66)52-23-11-46(2)12-24-52/h9-32H,7-8,33-44H2,1-6H3. The second-order valence-electron chi connectivity index (χ2n) is 20.0. The van der Waals surface area contributed by atoms with Gasteiger partial charge in [-0.1, -0.05) is 106 Å². The van der Waals surface area contributed by atoms with E-state index in [-0.39, 0.29) is 68.4 Å². The number of hydrogen-bond donors (Lipinski definition) is 0. The Hall–Kier alpha value is -5.22. The van der Waals surface area contributed by atoms with Gasteiger partial charge in [-0.3, -0.25) is 0 Å².